The number of anilines is 1. The molecule has 5 rings (SSSR count). The van der Waals surface area contributed by atoms with E-state index >= 15 is 0 Å². The molecule has 1 aromatic heterocycles. The number of hydrogen-bond acceptors (Lipinski definition) is 3. The third-order valence-electron chi connectivity index (χ3n) is 6.24. The summed E-state index contributed by atoms with van der Waals surface area (Å²) in [6.45, 7) is 0.363. The smallest absolute Gasteiger partial charge is 0.328 e. The summed E-state index contributed by atoms with van der Waals surface area (Å²) in [5, 5.41) is 14.4. The highest BCUT2D eigenvalue weighted by atomic mass is 16.4. The molecule has 37 heavy (non-hydrogen) atoms. The average molecular weight is 488 g/mol. The maximum atomic E-state index is 13.5. The lowest BCUT2D eigenvalue weighted by molar-refractivity contribution is -0.131. The minimum atomic E-state index is -1.02. The molecule has 0 atom stereocenters. The highest BCUT2D eigenvalue weighted by molar-refractivity contribution is 6.06. The normalized spacial score (nSPS) is 11.2. The van der Waals surface area contributed by atoms with E-state index in [9.17, 15) is 9.59 Å². The molecule has 0 radical (unpaired) electrons. The number of benzene rings is 4. The van der Waals surface area contributed by atoms with Gasteiger partial charge in [0.05, 0.1) is 18.3 Å². The summed E-state index contributed by atoms with van der Waals surface area (Å²) in [7, 11) is 1.93. The van der Waals surface area contributed by atoms with Crippen LogP contribution in [0.1, 0.15) is 21.5 Å². The Bertz CT molecular complexity index is 1600. The molecule has 0 fully saturated rings. The molecular weight excluding hydrogens is 462 g/mol. The van der Waals surface area contributed by atoms with Crippen molar-refractivity contribution in [1.29, 1.82) is 0 Å². The van der Waals surface area contributed by atoms with Crippen LogP contribution in [0.2, 0.25) is 0 Å². The molecule has 0 aliphatic carbocycles. The van der Waals surface area contributed by atoms with Crippen LogP contribution >= 0.6 is 0 Å². The molecule has 0 saturated carbocycles. The van der Waals surface area contributed by atoms with Crippen LogP contribution in [0.25, 0.3) is 28.1 Å². The van der Waals surface area contributed by atoms with Crippen molar-refractivity contribution < 1.29 is 14.7 Å². The molecule has 0 saturated heterocycles. The van der Waals surface area contributed by atoms with Gasteiger partial charge < -0.3 is 10.0 Å². The molecule has 0 aliphatic heterocycles. The van der Waals surface area contributed by atoms with Gasteiger partial charge in [0.1, 0.15) is 0 Å². The molecule has 6 heteroatoms. The van der Waals surface area contributed by atoms with E-state index in [0.29, 0.717) is 23.4 Å². The predicted molar refractivity (Wildman–Crippen MR) is 146 cm³/mol. The van der Waals surface area contributed by atoms with Gasteiger partial charge in [-0.15, -0.1) is 0 Å². The molecule has 6 nitrogen and oxygen atoms in total. The van der Waals surface area contributed by atoms with Gasteiger partial charge in [0.25, 0.3) is 5.91 Å². The first-order valence-electron chi connectivity index (χ1n) is 11.9. The van der Waals surface area contributed by atoms with Gasteiger partial charge in [0.15, 0.2) is 0 Å². The van der Waals surface area contributed by atoms with E-state index < -0.39 is 5.97 Å². The number of aliphatic carboxylic acids is 1. The van der Waals surface area contributed by atoms with Crippen LogP contribution in [-0.2, 0) is 18.4 Å². The molecule has 4 aromatic carbocycles. The van der Waals surface area contributed by atoms with E-state index in [1.54, 1.807) is 17.0 Å². The summed E-state index contributed by atoms with van der Waals surface area (Å²) < 4.78 is 1.85. The summed E-state index contributed by atoms with van der Waals surface area (Å²) in [5.74, 6) is -1.16. The number of aryl methyl sites for hydroxylation is 1. The lowest BCUT2D eigenvalue weighted by Crippen LogP contribution is -2.30. The molecule has 0 aliphatic rings. The first-order valence-corrected chi connectivity index (χ1v) is 11.9. The Balaban J connectivity index is 1.45. The zero-order valence-corrected chi connectivity index (χ0v) is 20.3. The molecule has 0 bridgehead atoms. The van der Waals surface area contributed by atoms with Crippen molar-refractivity contribution >= 4 is 34.5 Å². The third-order valence-corrected chi connectivity index (χ3v) is 6.24. The Morgan fingerprint density at radius 1 is 0.892 bits per heavy atom. The highest BCUT2D eigenvalue weighted by Crippen LogP contribution is 2.26. The summed E-state index contributed by atoms with van der Waals surface area (Å²) in [6.07, 6.45) is 4.47. The van der Waals surface area contributed by atoms with E-state index in [2.05, 4.69) is 35.4 Å². The number of carboxylic acids is 1. The van der Waals surface area contributed by atoms with Gasteiger partial charge in [-0.2, -0.15) is 5.10 Å². The fourth-order valence-electron chi connectivity index (χ4n) is 4.31. The van der Waals surface area contributed by atoms with Crippen LogP contribution in [0.3, 0.4) is 0 Å². The fraction of sp³-hybridized carbons (Fsp3) is 0.0645. The largest absolute Gasteiger partial charge is 0.478 e. The van der Waals surface area contributed by atoms with Crippen molar-refractivity contribution in [1.82, 2.24) is 9.78 Å². The number of carbonyl (C=O) groups excluding carboxylic acids is 1. The first-order chi connectivity index (χ1) is 18.0. The van der Waals surface area contributed by atoms with Crippen LogP contribution in [0.4, 0.5) is 5.69 Å². The molecule has 182 valence electrons. The Kier molecular flexibility index (Phi) is 6.64. The van der Waals surface area contributed by atoms with Crippen LogP contribution in [0, 0.1) is 0 Å². The first kappa shape index (κ1) is 23.8. The Hall–Kier alpha value is -4.97. The van der Waals surface area contributed by atoms with Gasteiger partial charge in [0.2, 0.25) is 0 Å². The third kappa shape index (κ3) is 5.33. The van der Waals surface area contributed by atoms with Gasteiger partial charge in [-0.1, -0.05) is 60.7 Å². The fourth-order valence-corrected chi connectivity index (χ4v) is 4.31. The van der Waals surface area contributed by atoms with Crippen molar-refractivity contribution in [3.05, 3.63) is 126 Å². The van der Waals surface area contributed by atoms with E-state index in [0.717, 1.165) is 33.7 Å². The standard InChI is InChI=1S/C31H25N3O3/c1-33-29-16-15-26(19-27(29)20-32-33)24-13-10-23(11-14-24)21-34(31(37)25-7-3-2-4-8-25)28-9-5-6-22(18-28)12-17-30(35)36/h2-20H,21H2,1H3,(H,35,36). The molecule has 1 N–H and O–H groups in total. The van der Waals surface area contributed by atoms with Gasteiger partial charge in [-0.25, -0.2) is 4.79 Å². The van der Waals surface area contributed by atoms with Crippen molar-refractivity contribution in [3.8, 4) is 11.1 Å². The van der Waals surface area contributed by atoms with Crippen LogP contribution in [0.5, 0.6) is 0 Å². The molecular formula is C31H25N3O3. The van der Waals surface area contributed by atoms with E-state index in [-0.39, 0.29) is 5.91 Å². The highest BCUT2D eigenvalue weighted by Gasteiger charge is 2.18. The van der Waals surface area contributed by atoms with Crippen molar-refractivity contribution in [3.63, 3.8) is 0 Å². The molecule has 0 spiro atoms. The minimum absolute atomic E-state index is 0.133. The Morgan fingerprint density at radius 3 is 2.41 bits per heavy atom. The summed E-state index contributed by atoms with van der Waals surface area (Å²) >= 11 is 0. The SMILES string of the molecule is Cn1ncc2cc(-c3ccc(CN(C(=O)c4ccccc4)c4cccc(C=CC(=O)O)c4)cc3)ccc21. The maximum absolute atomic E-state index is 13.5. The molecule has 1 heterocycles. The van der Waals surface area contributed by atoms with Crippen LogP contribution in [-0.4, -0.2) is 26.8 Å². The quantitative estimate of drug-likeness (QED) is 0.278. The summed E-state index contributed by atoms with van der Waals surface area (Å²) in [4.78, 5) is 26.2. The lowest BCUT2D eigenvalue weighted by Gasteiger charge is -2.24. The van der Waals surface area contributed by atoms with Gasteiger partial charge in [-0.05, 0) is 64.7 Å². The van der Waals surface area contributed by atoms with E-state index in [4.69, 9.17) is 5.11 Å². The second-order valence-corrected chi connectivity index (χ2v) is 8.76. The topological polar surface area (TPSA) is 75.4 Å². The van der Waals surface area contributed by atoms with Crippen molar-refractivity contribution in [2.45, 2.75) is 6.54 Å². The number of fused-ring (bicyclic) bond motifs is 1. The van der Waals surface area contributed by atoms with E-state index in [1.807, 2.05) is 72.5 Å². The van der Waals surface area contributed by atoms with Gasteiger partial charge in [-0.3, -0.25) is 9.48 Å². The number of amides is 1. The second-order valence-electron chi connectivity index (χ2n) is 8.76. The summed E-state index contributed by atoms with van der Waals surface area (Å²) in [6, 6.07) is 30.9. The molecule has 0 unspecified atom stereocenters. The predicted octanol–water partition coefficient (Wildman–Crippen LogP) is 6.19. The number of carbonyl (C=O) groups is 2. The molecule has 5 aromatic rings. The number of rotatable bonds is 7. The Morgan fingerprint density at radius 2 is 1.65 bits per heavy atom. The van der Waals surface area contributed by atoms with Crippen molar-refractivity contribution in [2.75, 3.05) is 4.90 Å². The average Bonchev–Trinajstić information content (AvgIpc) is 3.31. The number of hydrogen-bond donors (Lipinski definition) is 1. The zero-order chi connectivity index (χ0) is 25.8. The summed E-state index contributed by atoms with van der Waals surface area (Å²) in [5.41, 5.74) is 6.20. The number of aromatic nitrogens is 2. The minimum Gasteiger partial charge on any atom is -0.478 e. The Labute approximate surface area is 214 Å². The maximum Gasteiger partial charge on any atom is 0.328 e. The van der Waals surface area contributed by atoms with Gasteiger partial charge in [0, 0.05) is 29.8 Å². The number of nitrogens with zero attached hydrogens (tertiary/aromatic N) is 3. The number of carboxylic acid groups (broad SMARTS) is 1. The second kappa shape index (κ2) is 10.3. The monoisotopic (exact) mass is 487 g/mol. The van der Waals surface area contributed by atoms with E-state index in [1.165, 1.54) is 6.08 Å². The zero-order valence-electron chi connectivity index (χ0n) is 20.3. The van der Waals surface area contributed by atoms with Crippen LogP contribution < -0.4 is 4.90 Å². The van der Waals surface area contributed by atoms with Crippen molar-refractivity contribution in [2.24, 2.45) is 7.05 Å². The van der Waals surface area contributed by atoms with Crippen LogP contribution in [0.15, 0.2) is 109 Å². The lowest BCUT2D eigenvalue weighted by atomic mass is 10.0. The molecule has 1 amide bonds. The van der Waals surface area contributed by atoms with Gasteiger partial charge >= 0.3 is 5.97 Å².